The highest BCUT2D eigenvalue weighted by Crippen LogP contribution is 2.28. The van der Waals surface area contributed by atoms with E-state index < -0.39 is 15.9 Å². The highest BCUT2D eigenvalue weighted by molar-refractivity contribution is 7.89. The van der Waals surface area contributed by atoms with E-state index in [1.54, 1.807) is 12.1 Å². The zero-order valence-corrected chi connectivity index (χ0v) is 12.7. The second-order valence-corrected chi connectivity index (χ2v) is 6.97. The number of nitrogens with zero attached hydrogens (tertiary/aromatic N) is 1. The molecule has 0 amide bonds. The van der Waals surface area contributed by atoms with Gasteiger partial charge in [-0.1, -0.05) is 23.7 Å². The standard InChI is InChI=1S/C13H16ClNO4S/c1-19-13(16)10-5-4-8-15(9-10)20(17,18)12-7-3-2-6-11(12)14/h2-3,6-7,10H,4-5,8-9H2,1H3. The Morgan fingerprint density at radius 3 is 2.75 bits per heavy atom. The highest BCUT2D eigenvalue weighted by atomic mass is 35.5. The monoisotopic (exact) mass is 317 g/mol. The molecular formula is C13H16ClNO4S. The van der Waals surface area contributed by atoms with Crippen LogP contribution in [0.4, 0.5) is 0 Å². The van der Waals surface area contributed by atoms with E-state index in [1.165, 1.54) is 23.5 Å². The van der Waals surface area contributed by atoms with Gasteiger partial charge in [0.15, 0.2) is 0 Å². The van der Waals surface area contributed by atoms with Crippen molar-refractivity contribution in [1.29, 1.82) is 0 Å². The normalized spacial score (nSPS) is 20.6. The van der Waals surface area contributed by atoms with Crippen molar-refractivity contribution in [3.63, 3.8) is 0 Å². The molecule has 1 aromatic carbocycles. The fourth-order valence-electron chi connectivity index (χ4n) is 2.31. The molecule has 0 aliphatic carbocycles. The minimum atomic E-state index is -3.67. The third-order valence-electron chi connectivity index (χ3n) is 3.37. The van der Waals surface area contributed by atoms with E-state index in [0.717, 1.165) is 0 Å². The lowest BCUT2D eigenvalue weighted by atomic mass is 10.0. The number of ether oxygens (including phenoxy) is 1. The van der Waals surface area contributed by atoms with Crippen LogP contribution < -0.4 is 0 Å². The summed E-state index contributed by atoms with van der Waals surface area (Å²) in [5.74, 6) is -0.782. The van der Waals surface area contributed by atoms with E-state index in [1.807, 2.05) is 0 Å². The summed E-state index contributed by atoms with van der Waals surface area (Å²) in [5, 5.41) is 0.188. The van der Waals surface area contributed by atoms with Gasteiger partial charge in [0.25, 0.3) is 0 Å². The Kier molecular flexibility index (Phi) is 4.67. The van der Waals surface area contributed by atoms with Crippen LogP contribution in [-0.4, -0.2) is 38.9 Å². The van der Waals surface area contributed by atoms with Crippen molar-refractivity contribution in [2.24, 2.45) is 5.92 Å². The Morgan fingerprint density at radius 1 is 1.40 bits per heavy atom. The largest absolute Gasteiger partial charge is 0.469 e. The third-order valence-corrected chi connectivity index (χ3v) is 5.74. The Labute approximate surface area is 123 Å². The maximum Gasteiger partial charge on any atom is 0.309 e. The minimum absolute atomic E-state index is 0.0761. The minimum Gasteiger partial charge on any atom is -0.469 e. The molecule has 0 radical (unpaired) electrons. The van der Waals surface area contributed by atoms with Gasteiger partial charge in [0.1, 0.15) is 4.90 Å². The lowest BCUT2D eigenvalue weighted by Gasteiger charge is -2.30. The first-order valence-electron chi connectivity index (χ1n) is 6.29. The van der Waals surface area contributed by atoms with E-state index in [9.17, 15) is 13.2 Å². The number of piperidine rings is 1. The molecule has 20 heavy (non-hydrogen) atoms. The quantitative estimate of drug-likeness (QED) is 0.799. The molecule has 0 spiro atoms. The van der Waals surface area contributed by atoms with Crippen molar-refractivity contribution in [3.05, 3.63) is 29.3 Å². The van der Waals surface area contributed by atoms with E-state index in [2.05, 4.69) is 0 Å². The summed E-state index contributed by atoms with van der Waals surface area (Å²) in [6, 6.07) is 6.31. The Bertz CT molecular complexity index is 602. The van der Waals surface area contributed by atoms with Gasteiger partial charge in [-0.15, -0.1) is 0 Å². The molecule has 0 N–H and O–H groups in total. The molecule has 1 fully saturated rings. The summed E-state index contributed by atoms with van der Waals surface area (Å²) >= 11 is 5.96. The van der Waals surface area contributed by atoms with Crippen molar-refractivity contribution in [2.75, 3.05) is 20.2 Å². The number of rotatable bonds is 3. The van der Waals surface area contributed by atoms with Gasteiger partial charge in [-0.25, -0.2) is 8.42 Å². The highest BCUT2D eigenvalue weighted by Gasteiger charge is 2.34. The molecule has 1 heterocycles. The van der Waals surface area contributed by atoms with E-state index in [0.29, 0.717) is 19.4 Å². The van der Waals surface area contributed by atoms with Gasteiger partial charge in [-0.2, -0.15) is 4.31 Å². The van der Waals surface area contributed by atoms with Crippen molar-refractivity contribution in [3.8, 4) is 0 Å². The predicted octanol–water partition coefficient (Wildman–Crippen LogP) is 1.91. The number of benzene rings is 1. The smallest absolute Gasteiger partial charge is 0.309 e. The molecule has 0 bridgehead atoms. The summed E-state index contributed by atoms with van der Waals surface area (Å²) in [5.41, 5.74) is 0. The van der Waals surface area contributed by atoms with Crippen LogP contribution in [0.15, 0.2) is 29.2 Å². The lowest BCUT2D eigenvalue weighted by Crippen LogP contribution is -2.42. The summed E-state index contributed by atoms with van der Waals surface area (Å²) in [7, 11) is -2.36. The van der Waals surface area contributed by atoms with Crippen LogP contribution in [0.1, 0.15) is 12.8 Å². The van der Waals surface area contributed by atoms with Crippen LogP contribution in [-0.2, 0) is 19.6 Å². The molecule has 1 aliphatic rings. The van der Waals surface area contributed by atoms with Crippen molar-refractivity contribution >= 4 is 27.6 Å². The first-order chi connectivity index (χ1) is 9.46. The van der Waals surface area contributed by atoms with Crippen LogP contribution in [0.25, 0.3) is 0 Å². The summed E-state index contributed by atoms with van der Waals surface area (Å²) in [4.78, 5) is 11.6. The van der Waals surface area contributed by atoms with Gasteiger partial charge in [0.05, 0.1) is 18.1 Å². The van der Waals surface area contributed by atoms with Crippen molar-refractivity contribution in [2.45, 2.75) is 17.7 Å². The van der Waals surface area contributed by atoms with Crippen molar-refractivity contribution < 1.29 is 17.9 Å². The van der Waals surface area contributed by atoms with Gasteiger partial charge in [0.2, 0.25) is 10.0 Å². The number of hydrogen-bond donors (Lipinski definition) is 0. The van der Waals surface area contributed by atoms with Gasteiger partial charge in [-0.05, 0) is 25.0 Å². The summed E-state index contributed by atoms with van der Waals surface area (Å²) in [6.07, 6.45) is 1.27. The fourth-order valence-corrected chi connectivity index (χ4v) is 4.33. The number of hydrogen-bond acceptors (Lipinski definition) is 4. The molecule has 1 atom stereocenters. The Morgan fingerprint density at radius 2 is 2.10 bits per heavy atom. The molecule has 1 saturated heterocycles. The van der Waals surface area contributed by atoms with Crippen LogP contribution in [0, 0.1) is 5.92 Å². The molecule has 0 aromatic heterocycles. The number of esters is 1. The van der Waals surface area contributed by atoms with E-state index in [4.69, 9.17) is 16.3 Å². The SMILES string of the molecule is COC(=O)C1CCCN(S(=O)(=O)c2ccccc2Cl)C1. The number of halogens is 1. The molecule has 1 aromatic rings. The van der Waals surface area contributed by atoms with Crippen LogP contribution in [0.3, 0.4) is 0 Å². The average molecular weight is 318 g/mol. The molecular weight excluding hydrogens is 302 g/mol. The number of carbonyl (C=O) groups is 1. The van der Waals surface area contributed by atoms with E-state index >= 15 is 0 Å². The second-order valence-electron chi connectivity index (χ2n) is 4.66. The predicted molar refractivity (Wildman–Crippen MR) is 75.0 cm³/mol. The van der Waals surface area contributed by atoms with Gasteiger partial charge in [-0.3, -0.25) is 4.79 Å². The maximum absolute atomic E-state index is 12.6. The molecule has 0 saturated carbocycles. The molecule has 7 heteroatoms. The maximum atomic E-state index is 12.6. The molecule has 110 valence electrons. The van der Waals surface area contributed by atoms with Crippen LogP contribution >= 0.6 is 11.6 Å². The molecule has 1 aliphatic heterocycles. The number of carbonyl (C=O) groups excluding carboxylic acids is 1. The molecule has 5 nitrogen and oxygen atoms in total. The van der Waals surface area contributed by atoms with E-state index in [-0.39, 0.29) is 22.4 Å². The Hall–Kier alpha value is -1.11. The Balaban J connectivity index is 2.26. The first-order valence-corrected chi connectivity index (χ1v) is 8.11. The van der Waals surface area contributed by atoms with Crippen LogP contribution in [0.2, 0.25) is 5.02 Å². The summed E-state index contributed by atoms with van der Waals surface area (Å²) < 4.78 is 31.1. The van der Waals surface area contributed by atoms with Gasteiger partial charge in [0, 0.05) is 13.1 Å². The number of sulfonamides is 1. The zero-order chi connectivity index (χ0) is 14.8. The lowest BCUT2D eigenvalue weighted by molar-refractivity contribution is -0.146. The summed E-state index contributed by atoms with van der Waals surface area (Å²) in [6.45, 7) is 0.529. The second kappa shape index (κ2) is 6.11. The zero-order valence-electron chi connectivity index (χ0n) is 11.1. The molecule has 1 unspecified atom stereocenters. The third kappa shape index (κ3) is 2.97. The number of methoxy groups -OCH3 is 1. The topological polar surface area (TPSA) is 63.7 Å². The first kappa shape index (κ1) is 15.3. The van der Waals surface area contributed by atoms with Crippen molar-refractivity contribution in [1.82, 2.24) is 4.31 Å². The van der Waals surface area contributed by atoms with Crippen LogP contribution in [0.5, 0.6) is 0 Å². The average Bonchev–Trinajstić information content (AvgIpc) is 2.47. The van der Waals surface area contributed by atoms with Gasteiger partial charge >= 0.3 is 5.97 Å². The fraction of sp³-hybridized carbons (Fsp3) is 0.462. The van der Waals surface area contributed by atoms with Gasteiger partial charge < -0.3 is 4.74 Å². The molecule has 2 rings (SSSR count).